The first kappa shape index (κ1) is 23.7. The van der Waals surface area contributed by atoms with Gasteiger partial charge in [0.05, 0.1) is 4.90 Å². The predicted octanol–water partition coefficient (Wildman–Crippen LogP) is 2.55. The summed E-state index contributed by atoms with van der Waals surface area (Å²) in [6.07, 6.45) is 3.36. The lowest BCUT2D eigenvalue weighted by Crippen LogP contribution is -2.48. The minimum atomic E-state index is -3.52. The average molecular weight is 450 g/mol. The molecule has 1 atom stereocenters. The number of benzene rings is 1. The van der Waals surface area contributed by atoms with Crippen LogP contribution in [0.3, 0.4) is 0 Å². The molecule has 0 bridgehead atoms. The molecule has 1 N–H and O–H groups in total. The van der Waals surface area contributed by atoms with Gasteiger partial charge in [-0.1, -0.05) is 24.6 Å². The number of nitrogens with zero attached hydrogens (tertiary/aromatic N) is 2. The number of amides is 2. The maximum absolute atomic E-state index is 13.0. The number of nitrogens with one attached hydrogen (secondary N) is 1. The predicted molar refractivity (Wildman–Crippen MR) is 120 cm³/mol. The van der Waals surface area contributed by atoms with Gasteiger partial charge in [0, 0.05) is 44.1 Å². The van der Waals surface area contributed by atoms with Crippen LogP contribution >= 0.6 is 0 Å². The van der Waals surface area contributed by atoms with Gasteiger partial charge in [-0.05, 0) is 58.1 Å². The van der Waals surface area contributed by atoms with Crippen LogP contribution in [0.25, 0.3) is 0 Å². The van der Waals surface area contributed by atoms with Gasteiger partial charge in [0.1, 0.15) is 0 Å². The molecule has 0 spiro atoms. The van der Waals surface area contributed by atoms with Crippen LogP contribution in [0.15, 0.2) is 29.2 Å². The summed E-state index contributed by atoms with van der Waals surface area (Å²) in [4.78, 5) is 27.5. The molecule has 2 aliphatic heterocycles. The van der Waals surface area contributed by atoms with Gasteiger partial charge in [0.25, 0.3) is 0 Å². The lowest BCUT2D eigenvalue weighted by atomic mass is 9.92. The van der Waals surface area contributed by atoms with E-state index in [2.05, 4.69) is 5.32 Å². The third-order valence-electron chi connectivity index (χ3n) is 6.64. The van der Waals surface area contributed by atoms with Crippen molar-refractivity contribution in [3.05, 3.63) is 29.8 Å². The monoisotopic (exact) mass is 449 g/mol. The van der Waals surface area contributed by atoms with E-state index < -0.39 is 10.0 Å². The summed E-state index contributed by atoms with van der Waals surface area (Å²) >= 11 is 0. The van der Waals surface area contributed by atoms with Crippen molar-refractivity contribution in [3.63, 3.8) is 0 Å². The van der Waals surface area contributed by atoms with Crippen molar-refractivity contribution < 1.29 is 18.0 Å². The highest BCUT2D eigenvalue weighted by Crippen LogP contribution is 2.27. The Kier molecular flexibility index (Phi) is 7.75. The standard InChI is InChI=1S/C23H35N3O4S/c1-4-18(3)24-22(27)19-9-13-25(14-10-19)23(28)20-11-15-26(16-12-20)31(29,30)21-7-5-17(2)6-8-21/h5-8,18-20H,4,9-16H2,1-3H3,(H,24,27). The topological polar surface area (TPSA) is 86.8 Å². The summed E-state index contributed by atoms with van der Waals surface area (Å²) in [5, 5.41) is 3.04. The molecular formula is C23H35N3O4S. The molecule has 0 aromatic heterocycles. The Hall–Kier alpha value is -1.93. The van der Waals surface area contributed by atoms with Crippen molar-refractivity contribution in [2.24, 2.45) is 11.8 Å². The molecule has 0 saturated carbocycles. The van der Waals surface area contributed by atoms with Gasteiger partial charge in [-0.2, -0.15) is 4.31 Å². The molecule has 8 heteroatoms. The number of aryl methyl sites for hydroxylation is 1. The first-order chi connectivity index (χ1) is 14.7. The number of hydrogen-bond acceptors (Lipinski definition) is 4. The van der Waals surface area contributed by atoms with E-state index in [1.807, 2.05) is 25.7 Å². The van der Waals surface area contributed by atoms with E-state index in [4.69, 9.17) is 0 Å². The van der Waals surface area contributed by atoms with E-state index in [-0.39, 0.29) is 29.7 Å². The van der Waals surface area contributed by atoms with Crippen molar-refractivity contribution in [2.45, 2.75) is 63.8 Å². The molecule has 0 aliphatic carbocycles. The Balaban J connectivity index is 1.49. The maximum Gasteiger partial charge on any atom is 0.243 e. The van der Waals surface area contributed by atoms with Crippen LogP contribution in [-0.4, -0.2) is 61.7 Å². The largest absolute Gasteiger partial charge is 0.353 e. The van der Waals surface area contributed by atoms with Gasteiger partial charge in [0.15, 0.2) is 0 Å². The minimum absolute atomic E-state index is 0.0282. The molecule has 31 heavy (non-hydrogen) atoms. The van der Waals surface area contributed by atoms with Crippen LogP contribution in [-0.2, 0) is 19.6 Å². The Bertz CT molecular complexity index is 869. The minimum Gasteiger partial charge on any atom is -0.353 e. The molecule has 1 aromatic carbocycles. The average Bonchev–Trinajstić information content (AvgIpc) is 2.79. The number of carbonyl (C=O) groups is 2. The number of rotatable bonds is 6. The molecule has 2 heterocycles. The third kappa shape index (κ3) is 5.66. The fraction of sp³-hybridized carbons (Fsp3) is 0.652. The van der Waals surface area contributed by atoms with E-state index in [1.165, 1.54) is 4.31 Å². The summed E-state index contributed by atoms with van der Waals surface area (Å²) in [6, 6.07) is 7.06. The molecule has 2 amide bonds. The zero-order chi connectivity index (χ0) is 22.6. The van der Waals surface area contributed by atoms with E-state index in [1.54, 1.807) is 24.3 Å². The molecule has 1 aromatic rings. The zero-order valence-electron chi connectivity index (χ0n) is 18.8. The van der Waals surface area contributed by atoms with Gasteiger partial charge < -0.3 is 10.2 Å². The summed E-state index contributed by atoms with van der Waals surface area (Å²) in [6.45, 7) is 7.89. The molecule has 172 valence electrons. The van der Waals surface area contributed by atoms with Crippen molar-refractivity contribution in [3.8, 4) is 0 Å². The van der Waals surface area contributed by atoms with Crippen LogP contribution in [0.2, 0.25) is 0 Å². The number of hydrogen-bond donors (Lipinski definition) is 1. The van der Waals surface area contributed by atoms with Crippen molar-refractivity contribution in [2.75, 3.05) is 26.2 Å². The molecule has 3 rings (SSSR count). The highest BCUT2D eigenvalue weighted by atomic mass is 32.2. The molecule has 1 unspecified atom stereocenters. The normalized spacial score (nSPS) is 20.4. The second-order valence-corrected chi connectivity index (χ2v) is 10.8. The molecule has 0 radical (unpaired) electrons. The van der Waals surface area contributed by atoms with E-state index in [9.17, 15) is 18.0 Å². The molecular weight excluding hydrogens is 414 g/mol. The third-order valence-corrected chi connectivity index (χ3v) is 8.55. The van der Waals surface area contributed by atoms with Crippen LogP contribution in [0.4, 0.5) is 0 Å². The highest BCUT2D eigenvalue weighted by molar-refractivity contribution is 7.89. The van der Waals surface area contributed by atoms with Crippen LogP contribution < -0.4 is 5.32 Å². The van der Waals surface area contributed by atoms with Crippen molar-refractivity contribution >= 4 is 21.8 Å². The lowest BCUT2D eigenvalue weighted by Gasteiger charge is -2.36. The number of piperidine rings is 2. The van der Waals surface area contributed by atoms with Crippen LogP contribution in [0, 0.1) is 18.8 Å². The lowest BCUT2D eigenvalue weighted by molar-refractivity contribution is -0.140. The molecule has 2 saturated heterocycles. The summed E-state index contributed by atoms with van der Waals surface area (Å²) in [7, 11) is -3.52. The second-order valence-electron chi connectivity index (χ2n) is 8.91. The summed E-state index contributed by atoms with van der Waals surface area (Å²) in [5.74, 6) is 0.0266. The van der Waals surface area contributed by atoms with Crippen LogP contribution in [0.5, 0.6) is 0 Å². The van der Waals surface area contributed by atoms with E-state index in [0.717, 1.165) is 12.0 Å². The van der Waals surface area contributed by atoms with Crippen LogP contribution in [0.1, 0.15) is 51.5 Å². The fourth-order valence-electron chi connectivity index (χ4n) is 4.29. The SMILES string of the molecule is CCC(C)NC(=O)C1CCN(C(=O)C2CCN(S(=O)(=O)c3ccc(C)cc3)CC2)CC1. The summed E-state index contributed by atoms with van der Waals surface area (Å²) in [5.41, 5.74) is 1.02. The highest BCUT2D eigenvalue weighted by Gasteiger charge is 2.35. The van der Waals surface area contributed by atoms with Crippen molar-refractivity contribution in [1.29, 1.82) is 0 Å². The number of likely N-dealkylation sites (tertiary alicyclic amines) is 1. The van der Waals surface area contributed by atoms with Gasteiger partial charge in [-0.15, -0.1) is 0 Å². The van der Waals surface area contributed by atoms with Gasteiger partial charge in [0.2, 0.25) is 21.8 Å². The fourth-order valence-corrected chi connectivity index (χ4v) is 5.76. The molecule has 7 nitrogen and oxygen atoms in total. The first-order valence-electron chi connectivity index (χ1n) is 11.4. The Morgan fingerprint density at radius 3 is 2.10 bits per heavy atom. The Morgan fingerprint density at radius 2 is 1.55 bits per heavy atom. The first-order valence-corrected chi connectivity index (χ1v) is 12.8. The second kappa shape index (κ2) is 10.1. The Labute approximate surface area is 186 Å². The summed E-state index contributed by atoms with van der Waals surface area (Å²) < 4.78 is 27.2. The number of sulfonamides is 1. The quantitative estimate of drug-likeness (QED) is 0.723. The number of carbonyl (C=O) groups excluding carboxylic acids is 2. The van der Waals surface area contributed by atoms with Gasteiger partial charge in [-0.3, -0.25) is 9.59 Å². The molecule has 2 aliphatic rings. The van der Waals surface area contributed by atoms with Gasteiger partial charge in [-0.25, -0.2) is 8.42 Å². The smallest absolute Gasteiger partial charge is 0.243 e. The van der Waals surface area contributed by atoms with Gasteiger partial charge >= 0.3 is 0 Å². The Morgan fingerprint density at radius 1 is 1.00 bits per heavy atom. The van der Waals surface area contributed by atoms with E-state index in [0.29, 0.717) is 56.8 Å². The molecule has 2 fully saturated rings. The van der Waals surface area contributed by atoms with E-state index >= 15 is 0 Å². The zero-order valence-corrected chi connectivity index (χ0v) is 19.7. The van der Waals surface area contributed by atoms with Crippen molar-refractivity contribution in [1.82, 2.24) is 14.5 Å². The maximum atomic E-state index is 13.0.